The average molecular weight is 260 g/mol. The van der Waals surface area contributed by atoms with E-state index < -0.39 is 0 Å². The summed E-state index contributed by atoms with van der Waals surface area (Å²) in [7, 11) is 0. The summed E-state index contributed by atoms with van der Waals surface area (Å²) >= 11 is 0. The smallest absolute Gasteiger partial charge is 0.133 e. The molecule has 1 fully saturated rings. The Labute approximate surface area is 117 Å². The molecule has 0 spiro atoms. The zero-order valence-electron chi connectivity index (χ0n) is 10.8. The van der Waals surface area contributed by atoms with Crippen LogP contribution in [0.2, 0.25) is 0 Å². The van der Waals surface area contributed by atoms with E-state index in [4.69, 9.17) is 14.9 Å². The second-order valence-electron chi connectivity index (χ2n) is 4.88. The van der Waals surface area contributed by atoms with E-state index in [1.54, 1.807) is 0 Å². The van der Waals surface area contributed by atoms with Crippen molar-refractivity contribution < 1.29 is 4.42 Å². The highest BCUT2D eigenvalue weighted by molar-refractivity contribution is 5.59. The van der Waals surface area contributed by atoms with E-state index >= 15 is 0 Å². The van der Waals surface area contributed by atoms with Crippen molar-refractivity contribution in [1.82, 2.24) is 0 Å². The topological polar surface area (TPSA) is 60.7 Å². The van der Waals surface area contributed by atoms with E-state index in [0.29, 0.717) is 17.6 Å². The maximum absolute atomic E-state index is 8.72. The van der Waals surface area contributed by atoms with Crippen LogP contribution >= 0.6 is 0 Å². The zero-order chi connectivity index (χ0) is 13.9. The largest absolute Gasteiger partial charge is 0.461 e. The summed E-state index contributed by atoms with van der Waals surface area (Å²) < 4.78 is 5.71. The number of hydrogen-bond donors (Lipinski definition) is 0. The number of rotatable bonds is 3. The number of nitriles is 2. The van der Waals surface area contributed by atoms with Gasteiger partial charge < -0.3 is 4.42 Å². The lowest BCUT2D eigenvalue weighted by Crippen LogP contribution is -1.81. The molecule has 0 saturated heterocycles. The minimum absolute atomic E-state index is 0.0568. The van der Waals surface area contributed by atoms with Gasteiger partial charge in [0.05, 0.1) is 0 Å². The molecule has 1 aliphatic rings. The molecule has 1 aromatic heterocycles. The predicted octanol–water partition coefficient (Wildman–Crippen LogP) is 3.98. The van der Waals surface area contributed by atoms with Crippen LogP contribution in [0.1, 0.15) is 35.3 Å². The summed E-state index contributed by atoms with van der Waals surface area (Å²) in [4.78, 5) is 0. The summed E-state index contributed by atoms with van der Waals surface area (Å²) in [6, 6.07) is 17.8. The minimum atomic E-state index is 0.0568. The van der Waals surface area contributed by atoms with Gasteiger partial charge in [0, 0.05) is 12.0 Å². The molecule has 96 valence electrons. The van der Waals surface area contributed by atoms with E-state index in [0.717, 1.165) is 12.2 Å². The normalized spacial score (nSPS) is 19.7. The van der Waals surface area contributed by atoms with Gasteiger partial charge in [-0.1, -0.05) is 30.3 Å². The standard InChI is InChI=1S/C17H12N2O/c18-10-12(11-19)8-14-6-7-17(20-14)16-9-15(16)13-4-2-1-3-5-13/h1-8,15-16H,9H2/t15-,16-/m0/s1. The molecular weight excluding hydrogens is 248 g/mol. The van der Waals surface area contributed by atoms with Gasteiger partial charge in [0.25, 0.3) is 0 Å². The molecule has 1 aliphatic carbocycles. The lowest BCUT2D eigenvalue weighted by molar-refractivity contribution is 0.501. The Morgan fingerprint density at radius 1 is 1.05 bits per heavy atom. The molecule has 1 aromatic carbocycles. The molecule has 3 nitrogen and oxygen atoms in total. The van der Waals surface area contributed by atoms with Crippen molar-refractivity contribution >= 4 is 6.08 Å². The van der Waals surface area contributed by atoms with E-state index in [-0.39, 0.29) is 5.57 Å². The van der Waals surface area contributed by atoms with Crippen molar-refractivity contribution in [2.75, 3.05) is 0 Å². The van der Waals surface area contributed by atoms with E-state index in [1.165, 1.54) is 11.6 Å². The van der Waals surface area contributed by atoms with Crippen LogP contribution in [0.25, 0.3) is 6.08 Å². The van der Waals surface area contributed by atoms with E-state index in [9.17, 15) is 0 Å². The van der Waals surface area contributed by atoms with Crippen molar-refractivity contribution in [2.24, 2.45) is 0 Å². The Kier molecular flexibility index (Phi) is 3.11. The molecule has 2 aromatic rings. The molecule has 0 bridgehead atoms. The molecule has 3 heteroatoms. The van der Waals surface area contributed by atoms with Crippen molar-refractivity contribution in [3.8, 4) is 12.1 Å². The monoisotopic (exact) mass is 260 g/mol. The first-order valence-corrected chi connectivity index (χ1v) is 6.48. The molecule has 3 rings (SSSR count). The van der Waals surface area contributed by atoms with Crippen molar-refractivity contribution in [3.63, 3.8) is 0 Å². The third kappa shape index (κ3) is 2.35. The molecule has 20 heavy (non-hydrogen) atoms. The SMILES string of the molecule is N#CC(C#N)=Cc1ccc([C@H]2C[C@H]2c2ccccc2)o1. The van der Waals surface area contributed by atoms with Gasteiger partial charge in [0.1, 0.15) is 29.2 Å². The van der Waals surface area contributed by atoms with Crippen LogP contribution in [0.15, 0.2) is 52.5 Å². The van der Waals surface area contributed by atoms with Crippen LogP contribution in [0, 0.1) is 22.7 Å². The summed E-state index contributed by atoms with van der Waals surface area (Å²) in [5.41, 5.74) is 1.39. The first-order chi connectivity index (χ1) is 9.81. The molecule has 0 radical (unpaired) electrons. The number of allylic oxidation sites excluding steroid dienone is 1. The maximum atomic E-state index is 8.72. The van der Waals surface area contributed by atoms with Crippen LogP contribution in [-0.4, -0.2) is 0 Å². The molecule has 0 N–H and O–H groups in total. The van der Waals surface area contributed by atoms with E-state index in [2.05, 4.69) is 12.1 Å². The van der Waals surface area contributed by atoms with E-state index in [1.807, 2.05) is 42.5 Å². The fourth-order valence-corrected chi connectivity index (χ4v) is 2.46. The molecule has 0 amide bonds. The third-order valence-electron chi connectivity index (χ3n) is 3.56. The van der Waals surface area contributed by atoms with Crippen molar-refractivity contribution in [2.45, 2.75) is 18.3 Å². The molecule has 0 aliphatic heterocycles. The molecular formula is C17H12N2O. The highest BCUT2D eigenvalue weighted by Crippen LogP contribution is 2.54. The van der Waals surface area contributed by atoms with Crippen LogP contribution in [-0.2, 0) is 0 Å². The Bertz CT molecular complexity index is 712. The van der Waals surface area contributed by atoms with Crippen molar-refractivity contribution in [1.29, 1.82) is 10.5 Å². The summed E-state index contributed by atoms with van der Waals surface area (Å²) in [6.07, 6.45) is 2.56. The molecule has 2 atom stereocenters. The number of hydrogen-bond acceptors (Lipinski definition) is 3. The van der Waals surface area contributed by atoms with Gasteiger partial charge in [0.15, 0.2) is 0 Å². The van der Waals surface area contributed by atoms with Gasteiger partial charge in [0.2, 0.25) is 0 Å². The average Bonchev–Trinajstić information content (AvgIpc) is 3.17. The third-order valence-corrected chi connectivity index (χ3v) is 3.56. The molecule has 1 saturated carbocycles. The quantitative estimate of drug-likeness (QED) is 0.784. The summed E-state index contributed by atoms with van der Waals surface area (Å²) in [5.74, 6) is 2.43. The van der Waals surface area contributed by atoms with Gasteiger partial charge in [-0.25, -0.2) is 0 Å². The highest BCUT2D eigenvalue weighted by atomic mass is 16.3. The number of furan rings is 1. The zero-order valence-corrected chi connectivity index (χ0v) is 10.8. The second-order valence-corrected chi connectivity index (χ2v) is 4.88. The van der Waals surface area contributed by atoms with Crippen LogP contribution in [0.4, 0.5) is 0 Å². The van der Waals surface area contributed by atoms with Gasteiger partial charge in [-0.2, -0.15) is 10.5 Å². The first kappa shape index (κ1) is 12.3. The Morgan fingerprint density at radius 3 is 2.50 bits per heavy atom. The van der Waals surface area contributed by atoms with Gasteiger partial charge in [-0.05, 0) is 30.0 Å². The Hall–Kier alpha value is -2.78. The lowest BCUT2D eigenvalue weighted by Gasteiger charge is -1.97. The molecule has 0 unspecified atom stereocenters. The van der Waals surface area contributed by atoms with Crippen LogP contribution < -0.4 is 0 Å². The summed E-state index contributed by atoms with van der Waals surface area (Å²) in [5, 5.41) is 17.4. The predicted molar refractivity (Wildman–Crippen MR) is 74.5 cm³/mol. The number of benzene rings is 1. The fraction of sp³-hybridized carbons (Fsp3) is 0.176. The highest BCUT2D eigenvalue weighted by Gasteiger charge is 2.41. The van der Waals surface area contributed by atoms with Gasteiger partial charge >= 0.3 is 0 Å². The maximum Gasteiger partial charge on any atom is 0.133 e. The van der Waals surface area contributed by atoms with Gasteiger partial charge in [-0.3, -0.25) is 0 Å². The fourth-order valence-electron chi connectivity index (χ4n) is 2.46. The Morgan fingerprint density at radius 2 is 1.80 bits per heavy atom. The number of nitrogens with zero attached hydrogens (tertiary/aromatic N) is 2. The second kappa shape index (κ2) is 5.07. The summed E-state index contributed by atoms with van der Waals surface area (Å²) in [6.45, 7) is 0. The Balaban J connectivity index is 1.76. The minimum Gasteiger partial charge on any atom is -0.461 e. The van der Waals surface area contributed by atoms with Crippen molar-refractivity contribution in [3.05, 3.63) is 65.1 Å². The lowest BCUT2D eigenvalue weighted by atomic mass is 10.1. The van der Waals surface area contributed by atoms with Gasteiger partial charge in [-0.15, -0.1) is 0 Å². The van der Waals surface area contributed by atoms with Crippen LogP contribution in [0.3, 0.4) is 0 Å². The van der Waals surface area contributed by atoms with Crippen LogP contribution in [0.5, 0.6) is 0 Å². The first-order valence-electron chi connectivity index (χ1n) is 6.48. The molecule has 1 heterocycles.